The van der Waals surface area contributed by atoms with E-state index in [1.54, 1.807) is 24.3 Å². The summed E-state index contributed by atoms with van der Waals surface area (Å²) in [5, 5.41) is 2.59. The number of likely N-dealkylation sites (tertiary alicyclic amines) is 1. The van der Waals surface area contributed by atoms with Crippen molar-refractivity contribution in [2.75, 3.05) is 25.0 Å². The number of hydrogen-bond acceptors (Lipinski definition) is 4. The molecule has 1 fully saturated rings. The van der Waals surface area contributed by atoms with E-state index in [1.165, 1.54) is 12.1 Å². The Bertz CT molecular complexity index is 1280. The van der Waals surface area contributed by atoms with Gasteiger partial charge in [0, 0.05) is 30.5 Å². The Balaban J connectivity index is 1.32. The molecular formula is C28H29F2N3O4. The number of pyridine rings is 1. The van der Waals surface area contributed by atoms with Crippen LogP contribution in [0.15, 0.2) is 71.7 Å². The van der Waals surface area contributed by atoms with Crippen LogP contribution in [-0.4, -0.2) is 41.0 Å². The van der Waals surface area contributed by atoms with Crippen molar-refractivity contribution in [3.05, 3.63) is 93.9 Å². The number of alkyl halides is 2. The summed E-state index contributed by atoms with van der Waals surface area (Å²) in [6.45, 7) is 0.940. The number of anilines is 1. The van der Waals surface area contributed by atoms with Crippen LogP contribution in [0.1, 0.15) is 64.9 Å². The summed E-state index contributed by atoms with van der Waals surface area (Å²) in [5.74, 6) is 0.284. The van der Waals surface area contributed by atoms with E-state index in [-0.39, 0.29) is 22.0 Å². The smallest absolute Gasteiger partial charge is 0.321 e. The third-order valence-corrected chi connectivity index (χ3v) is 6.43. The zero-order valence-corrected chi connectivity index (χ0v) is 20.5. The second-order valence-corrected chi connectivity index (χ2v) is 8.93. The van der Waals surface area contributed by atoms with Crippen molar-refractivity contribution >= 4 is 17.5 Å². The molecule has 1 aliphatic rings. The predicted molar refractivity (Wildman–Crippen MR) is 136 cm³/mol. The number of halogens is 2. The second-order valence-electron chi connectivity index (χ2n) is 8.93. The number of carbonyl (C=O) groups excluding carboxylic acids is 2. The number of piperidine rings is 1. The van der Waals surface area contributed by atoms with Gasteiger partial charge < -0.3 is 15.0 Å². The molecule has 1 saturated heterocycles. The average Bonchev–Trinajstić information content (AvgIpc) is 2.92. The molecule has 9 heteroatoms. The number of benzene rings is 2. The van der Waals surface area contributed by atoms with Crippen LogP contribution in [0.3, 0.4) is 0 Å². The van der Waals surface area contributed by atoms with E-state index in [4.69, 9.17) is 4.74 Å². The van der Waals surface area contributed by atoms with Gasteiger partial charge in [-0.25, -0.2) is 0 Å². The Morgan fingerprint density at radius 2 is 1.70 bits per heavy atom. The van der Waals surface area contributed by atoms with Crippen molar-refractivity contribution in [2.24, 2.45) is 0 Å². The Kier molecular flexibility index (Phi) is 8.32. The van der Waals surface area contributed by atoms with Gasteiger partial charge in [-0.1, -0.05) is 19.1 Å². The summed E-state index contributed by atoms with van der Waals surface area (Å²) in [6.07, 6.45) is 3.49. The van der Waals surface area contributed by atoms with Crippen molar-refractivity contribution in [3.63, 3.8) is 0 Å². The van der Waals surface area contributed by atoms with Crippen LogP contribution in [0.4, 0.5) is 14.5 Å². The largest absolute Gasteiger partial charge is 0.494 e. The second kappa shape index (κ2) is 11.8. The first-order chi connectivity index (χ1) is 17.9. The highest BCUT2D eigenvalue weighted by molar-refractivity contribution is 6.04. The quantitative estimate of drug-likeness (QED) is 0.447. The van der Waals surface area contributed by atoms with E-state index in [2.05, 4.69) is 5.32 Å². The number of rotatable bonds is 8. The summed E-state index contributed by atoms with van der Waals surface area (Å²) in [6, 6.07) is 16.9. The Morgan fingerprint density at radius 1 is 1.03 bits per heavy atom. The zero-order chi connectivity index (χ0) is 26.4. The molecule has 0 spiro atoms. The molecule has 0 radical (unpaired) electrons. The fourth-order valence-corrected chi connectivity index (χ4v) is 4.39. The standard InChI is InChI=1S/C28H29F2N3O4/c1-2-18-37-23-11-7-21(8-12-23)26(35)32-16-13-20(14-17-32)19-5-9-22(10-6-19)31-25(34)24-4-3-15-33(27(24)36)28(29)30/h3-12,15,20,28H,2,13-14,16-18H2,1H3,(H,31,34). The molecule has 4 rings (SSSR count). The monoisotopic (exact) mass is 509 g/mol. The normalized spacial score (nSPS) is 14.0. The number of carbonyl (C=O) groups is 2. The topological polar surface area (TPSA) is 80.6 Å². The van der Waals surface area contributed by atoms with Crippen molar-refractivity contribution in [2.45, 2.75) is 38.7 Å². The minimum atomic E-state index is -3.02. The Labute approximate surface area is 213 Å². The SMILES string of the molecule is CCCOc1ccc(C(=O)N2CCC(c3ccc(NC(=O)c4cccn(C(F)F)c4=O)cc3)CC2)cc1. The Hall–Kier alpha value is -4.01. The summed E-state index contributed by atoms with van der Waals surface area (Å²) >= 11 is 0. The van der Waals surface area contributed by atoms with E-state index < -0.39 is 18.0 Å². The highest BCUT2D eigenvalue weighted by atomic mass is 19.3. The maximum Gasteiger partial charge on any atom is 0.321 e. The number of amides is 2. The fourth-order valence-electron chi connectivity index (χ4n) is 4.39. The number of ether oxygens (including phenoxy) is 1. The van der Waals surface area contributed by atoms with Crippen molar-refractivity contribution in [1.82, 2.24) is 9.47 Å². The lowest BCUT2D eigenvalue weighted by molar-refractivity contribution is 0.0658. The third kappa shape index (κ3) is 6.22. The molecule has 2 amide bonds. The van der Waals surface area contributed by atoms with Gasteiger partial charge in [0.15, 0.2) is 0 Å². The molecule has 0 bridgehead atoms. The third-order valence-electron chi connectivity index (χ3n) is 6.43. The van der Waals surface area contributed by atoms with Crippen LogP contribution in [0.5, 0.6) is 5.75 Å². The van der Waals surface area contributed by atoms with Crippen molar-refractivity contribution < 1.29 is 23.1 Å². The van der Waals surface area contributed by atoms with Crippen LogP contribution < -0.4 is 15.6 Å². The molecule has 7 nitrogen and oxygen atoms in total. The number of nitrogens with zero attached hydrogens (tertiary/aromatic N) is 2. The van der Waals surface area contributed by atoms with Crippen LogP contribution in [0, 0.1) is 0 Å². The molecule has 2 aromatic carbocycles. The summed E-state index contributed by atoms with van der Waals surface area (Å²) in [4.78, 5) is 39.3. The van der Waals surface area contributed by atoms with Crippen LogP contribution in [-0.2, 0) is 0 Å². The molecule has 0 atom stereocenters. The molecule has 2 heterocycles. The van der Waals surface area contributed by atoms with Gasteiger partial charge in [-0.15, -0.1) is 0 Å². The van der Waals surface area contributed by atoms with Gasteiger partial charge >= 0.3 is 6.55 Å². The molecule has 1 aliphatic heterocycles. The average molecular weight is 510 g/mol. The van der Waals surface area contributed by atoms with Crippen LogP contribution in [0.25, 0.3) is 0 Å². The predicted octanol–water partition coefficient (Wildman–Crippen LogP) is 5.30. The lowest BCUT2D eigenvalue weighted by atomic mass is 9.89. The van der Waals surface area contributed by atoms with Gasteiger partial charge in [0.1, 0.15) is 11.3 Å². The summed E-state index contributed by atoms with van der Waals surface area (Å²) < 4.78 is 31.7. The maximum absolute atomic E-state index is 12.9. The molecule has 194 valence electrons. The van der Waals surface area contributed by atoms with Crippen LogP contribution in [0.2, 0.25) is 0 Å². The summed E-state index contributed by atoms with van der Waals surface area (Å²) in [7, 11) is 0. The van der Waals surface area contributed by atoms with Gasteiger partial charge in [-0.05, 0) is 79.3 Å². The molecular weight excluding hydrogens is 480 g/mol. The minimum absolute atomic E-state index is 0.00497. The van der Waals surface area contributed by atoms with Crippen LogP contribution >= 0.6 is 0 Å². The lowest BCUT2D eigenvalue weighted by Gasteiger charge is -2.32. The highest BCUT2D eigenvalue weighted by Gasteiger charge is 2.25. The van der Waals surface area contributed by atoms with E-state index in [9.17, 15) is 23.2 Å². The molecule has 3 aromatic rings. The number of aromatic nitrogens is 1. The van der Waals surface area contributed by atoms with E-state index in [0.29, 0.717) is 30.9 Å². The molecule has 0 unspecified atom stereocenters. The number of nitrogens with one attached hydrogen (secondary N) is 1. The number of hydrogen-bond donors (Lipinski definition) is 1. The molecule has 37 heavy (non-hydrogen) atoms. The summed E-state index contributed by atoms with van der Waals surface area (Å²) in [5.41, 5.74) is 0.781. The molecule has 0 saturated carbocycles. The maximum atomic E-state index is 12.9. The highest BCUT2D eigenvalue weighted by Crippen LogP contribution is 2.30. The van der Waals surface area contributed by atoms with E-state index in [0.717, 1.165) is 36.8 Å². The van der Waals surface area contributed by atoms with Gasteiger partial charge in [-0.2, -0.15) is 8.78 Å². The van der Waals surface area contributed by atoms with Crippen molar-refractivity contribution in [1.29, 1.82) is 0 Å². The first-order valence-electron chi connectivity index (χ1n) is 12.3. The molecule has 1 aromatic heterocycles. The van der Waals surface area contributed by atoms with Gasteiger partial charge in [-0.3, -0.25) is 19.0 Å². The van der Waals surface area contributed by atoms with Gasteiger partial charge in [0.05, 0.1) is 6.61 Å². The fraction of sp³-hybridized carbons (Fsp3) is 0.321. The van der Waals surface area contributed by atoms with Crippen molar-refractivity contribution in [3.8, 4) is 5.75 Å². The van der Waals surface area contributed by atoms with Gasteiger partial charge in [0.25, 0.3) is 17.4 Å². The first kappa shape index (κ1) is 26.1. The van der Waals surface area contributed by atoms with E-state index >= 15 is 0 Å². The zero-order valence-electron chi connectivity index (χ0n) is 20.5. The lowest BCUT2D eigenvalue weighted by Crippen LogP contribution is -2.37. The van der Waals surface area contributed by atoms with Gasteiger partial charge in [0.2, 0.25) is 0 Å². The molecule has 1 N–H and O–H groups in total. The Morgan fingerprint density at radius 3 is 2.32 bits per heavy atom. The van der Waals surface area contributed by atoms with E-state index in [1.807, 2.05) is 36.1 Å². The first-order valence-corrected chi connectivity index (χ1v) is 12.3. The minimum Gasteiger partial charge on any atom is -0.494 e. The molecule has 0 aliphatic carbocycles.